The van der Waals surface area contributed by atoms with Crippen molar-refractivity contribution in [1.29, 1.82) is 0 Å². The number of H-pyrrole nitrogens is 1. The topological polar surface area (TPSA) is 70.6 Å². The van der Waals surface area contributed by atoms with Gasteiger partial charge in [0.25, 0.3) is 0 Å². The van der Waals surface area contributed by atoms with Gasteiger partial charge in [-0.3, -0.25) is 0 Å². The van der Waals surface area contributed by atoms with Crippen molar-refractivity contribution in [1.82, 2.24) is 24.9 Å². The minimum absolute atomic E-state index is 0.369. The van der Waals surface area contributed by atoms with Crippen LogP contribution in [0.15, 0.2) is 36.8 Å². The minimum atomic E-state index is 0.369. The molecule has 3 heterocycles. The first-order valence-electron chi connectivity index (χ1n) is 11.4. The van der Waals surface area contributed by atoms with Gasteiger partial charge in [0.2, 0.25) is 0 Å². The van der Waals surface area contributed by atoms with Crippen LogP contribution in [-0.4, -0.2) is 31.5 Å². The number of hydrogen-bond acceptors (Lipinski definition) is 5. The van der Waals surface area contributed by atoms with Gasteiger partial charge < -0.3 is 9.88 Å². The average molecular weight is 429 g/mol. The summed E-state index contributed by atoms with van der Waals surface area (Å²) >= 11 is 0. The van der Waals surface area contributed by atoms with Crippen molar-refractivity contribution in [2.45, 2.75) is 60.4 Å². The van der Waals surface area contributed by atoms with E-state index < -0.39 is 0 Å². The van der Waals surface area contributed by atoms with Gasteiger partial charge >= 0.3 is 0 Å². The summed E-state index contributed by atoms with van der Waals surface area (Å²) in [5.74, 6) is 2.30. The lowest BCUT2D eigenvalue weighted by atomic mass is 9.99. The Hall–Kier alpha value is -3.28. The number of hydrogen-bond donors (Lipinski definition) is 1. The summed E-state index contributed by atoms with van der Waals surface area (Å²) < 4.78 is 0. The van der Waals surface area contributed by atoms with Crippen LogP contribution in [0.1, 0.15) is 61.3 Å². The quantitative estimate of drug-likeness (QED) is 0.398. The number of aromatic nitrogens is 5. The van der Waals surface area contributed by atoms with E-state index in [1.54, 1.807) is 6.33 Å². The summed E-state index contributed by atoms with van der Waals surface area (Å²) in [4.78, 5) is 23.8. The fourth-order valence-corrected chi connectivity index (χ4v) is 4.33. The molecule has 0 bridgehead atoms. The van der Waals surface area contributed by atoms with Crippen LogP contribution in [0.5, 0.6) is 0 Å². The van der Waals surface area contributed by atoms with Gasteiger partial charge in [-0.2, -0.15) is 0 Å². The molecule has 0 spiro atoms. The first kappa shape index (κ1) is 21.9. The number of imidazole rings is 1. The summed E-state index contributed by atoms with van der Waals surface area (Å²) in [7, 11) is 0. The highest BCUT2D eigenvalue weighted by Gasteiger charge is 2.19. The SMILES string of the molecule is CCCN(Cc1cc(-c2cnc3nc(C)[nH]c3c2)ccc1C)c1ncnc(C)c1C(C)C. The van der Waals surface area contributed by atoms with Crippen molar-refractivity contribution in [3.63, 3.8) is 0 Å². The fraction of sp³-hybridized carbons (Fsp3) is 0.385. The second-order valence-corrected chi connectivity index (χ2v) is 8.83. The van der Waals surface area contributed by atoms with Crippen molar-refractivity contribution in [3.8, 4) is 11.1 Å². The van der Waals surface area contributed by atoms with Gasteiger partial charge in [-0.15, -0.1) is 0 Å². The lowest BCUT2D eigenvalue weighted by Crippen LogP contribution is -2.27. The number of aryl methyl sites for hydroxylation is 3. The molecule has 0 aliphatic rings. The Morgan fingerprint density at radius 3 is 2.56 bits per heavy atom. The maximum atomic E-state index is 4.72. The average Bonchev–Trinajstić information content (AvgIpc) is 3.13. The van der Waals surface area contributed by atoms with Gasteiger partial charge in [0.15, 0.2) is 5.65 Å². The maximum Gasteiger partial charge on any atom is 0.177 e. The fourth-order valence-electron chi connectivity index (χ4n) is 4.33. The van der Waals surface area contributed by atoms with Crippen molar-refractivity contribution < 1.29 is 0 Å². The number of anilines is 1. The van der Waals surface area contributed by atoms with E-state index in [1.165, 1.54) is 16.7 Å². The molecule has 1 N–H and O–H groups in total. The van der Waals surface area contributed by atoms with Crippen LogP contribution < -0.4 is 4.90 Å². The Bertz CT molecular complexity index is 1240. The third kappa shape index (κ3) is 4.35. The molecule has 0 radical (unpaired) electrons. The van der Waals surface area contributed by atoms with Crippen LogP contribution in [0.2, 0.25) is 0 Å². The van der Waals surface area contributed by atoms with E-state index in [0.29, 0.717) is 5.92 Å². The van der Waals surface area contributed by atoms with Crippen LogP contribution in [0.4, 0.5) is 5.82 Å². The first-order valence-corrected chi connectivity index (χ1v) is 11.4. The Morgan fingerprint density at radius 2 is 1.81 bits per heavy atom. The van der Waals surface area contributed by atoms with E-state index >= 15 is 0 Å². The number of pyridine rings is 1. The summed E-state index contributed by atoms with van der Waals surface area (Å²) in [5.41, 5.74) is 8.84. The lowest BCUT2D eigenvalue weighted by Gasteiger charge is -2.28. The number of rotatable bonds is 7. The van der Waals surface area contributed by atoms with E-state index in [9.17, 15) is 0 Å². The molecule has 0 saturated heterocycles. The van der Waals surface area contributed by atoms with Crippen LogP contribution in [0, 0.1) is 20.8 Å². The van der Waals surface area contributed by atoms with Gasteiger partial charge in [0, 0.05) is 36.1 Å². The molecule has 6 heteroatoms. The third-order valence-electron chi connectivity index (χ3n) is 5.93. The zero-order chi connectivity index (χ0) is 22.8. The van der Waals surface area contributed by atoms with Crippen molar-refractivity contribution in [2.24, 2.45) is 0 Å². The van der Waals surface area contributed by atoms with Crippen LogP contribution >= 0.6 is 0 Å². The van der Waals surface area contributed by atoms with Gasteiger partial charge in [-0.05, 0) is 61.9 Å². The lowest BCUT2D eigenvalue weighted by molar-refractivity contribution is 0.725. The molecule has 0 fully saturated rings. The Kier molecular flexibility index (Phi) is 6.21. The van der Waals surface area contributed by atoms with Gasteiger partial charge in [-0.1, -0.05) is 32.9 Å². The molecule has 0 atom stereocenters. The predicted molar refractivity (Wildman–Crippen MR) is 131 cm³/mol. The van der Waals surface area contributed by atoms with Crippen LogP contribution in [0.25, 0.3) is 22.3 Å². The number of benzene rings is 1. The Morgan fingerprint density at radius 1 is 1.00 bits per heavy atom. The number of nitrogens with one attached hydrogen (secondary N) is 1. The Balaban J connectivity index is 1.72. The largest absolute Gasteiger partial charge is 0.352 e. The molecule has 4 rings (SSSR count). The summed E-state index contributed by atoms with van der Waals surface area (Å²) in [6, 6.07) is 8.79. The standard InChI is InChI=1S/C26H32N6/c1-7-10-32(26-24(16(2)3)18(5)28-15-29-26)14-22-11-20(9-8-17(22)4)21-12-23-25(27-13-21)31-19(6)30-23/h8-9,11-13,15-16H,7,10,14H2,1-6H3,(H,27,30,31). The van der Waals surface area contributed by atoms with E-state index in [0.717, 1.165) is 59.1 Å². The molecule has 0 aliphatic heterocycles. The molecule has 32 heavy (non-hydrogen) atoms. The smallest absolute Gasteiger partial charge is 0.177 e. The molecule has 3 aromatic heterocycles. The minimum Gasteiger partial charge on any atom is -0.352 e. The van der Waals surface area contributed by atoms with E-state index in [2.05, 4.69) is 83.7 Å². The number of fused-ring (bicyclic) bond motifs is 1. The molecule has 0 saturated carbocycles. The first-order chi connectivity index (χ1) is 15.4. The highest BCUT2D eigenvalue weighted by Crippen LogP contribution is 2.30. The highest BCUT2D eigenvalue weighted by molar-refractivity contribution is 5.78. The zero-order valence-electron chi connectivity index (χ0n) is 19.9. The van der Waals surface area contributed by atoms with Gasteiger partial charge in [0.1, 0.15) is 18.0 Å². The second-order valence-electron chi connectivity index (χ2n) is 8.83. The van der Waals surface area contributed by atoms with Crippen molar-refractivity contribution in [2.75, 3.05) is 11.4 Å². The molecule has 166 valence electrons. The predicted octanol–water partition coefficient (Wildman–Crippen LogP) is 5.88. The molecule has 0 aliphatic carbocycles. The molecule has 4 aromatic rings. The van der Waals surface area contributed by atoms with Crippen LogP contribution in [0.3, 0.4) is 0 Å². The normalized spacial score (nSPS) is 11.5. The summed E-state index contributed by atoms with van der Waals surface area (Å²) in [6.45, 7) is 14.6. The molecule has 6 nitrogen and oxygen atoms in total. The monoisotopic (exact) mass is 428 g/mol. The maximum absolute atomic E-state index is 4.72. The molecule has 0 amide bonds. The Labute approximate surface area is 190 Å². The molecule has 0 unspecified atom stereocenters. The van der Waals surface area contributed by atoms with Crippen molar-refractivity contribution >= 4 is 17.0 Å². The van der Waals surface area contributed by atoms with E-state index in [1.807, 2.05) is 13.1 Å². The number of aromatic amines is 1. The van der Waals surface area contributed by atoms with Crippen molar-refractivity contribution in [3.05, 3.63) is 65.0 Å². The van der Waals surface area contributed by atoms with E-state index in [-0.39, 0.29) is 0 Å². The van der Waals surface area contributed by atoms with Gasteiger partial charge in [-0.25, -0.2) is 19.9 Å². The molecular weight excluding hydrogens is 396 g/mol. The van der Waals surface area contributed by atoms with Crippen LogP contribution in [-0.2, 0) is 6.54 Å². The molecular formula is C26H32N6. The number of nitrogens with zero attached hydrogens (tertiary/aromatic N) is 5. The summed E-state index contributed by atoms with van der Waals surface area (Å²) in [6.07, 6.45) is 4.65. The van der Waals surface area contributed by atoms with E-state index in [4.69, 9.17) is 4.98 Å². The second kappa shape index (κ2) is 9.07. The highest BCUT2D eigenvalue weighted by atomic mass is 15.2. The summed E-state index contributed by atoms with van der Waals surface area (Å²) in [5, 5.41) is 0. The zero-order valence-corrected chi connectivity index (χ0v) is 19.9. The molecule has 1 aromatic carbocycles. The van der Waals surface area contributed by atoms with Gasteiger partial charge in [0.05, 0.1) is 5.52 Å². The third-order valence-corrected chi connectivity index (χ3v) is 5.93.